The Labute approximate surface area is 263 Å². The third kappa shape index (κ3) is 4.67. The predicted molar refractivity (Wildman–Crippen MR) is 183 cm³/mol. The third-order valence-corrected chi connectivity index (χ3v) is 23.3. The fourth-order valence-corrected chi connectivity index (χ4v) is 24.3. The molecule has 0 spiro atoms. The van der Waals surface area contributed by atoms with Crippen molar-refractivity contribution < 1.29 is 17.9 Å². The molecule has 0 radical (unpaired) electrons. The van der Waals surface area contributed by atoms with Crippen molar-refractivity contribution in [1.82, 2.24) is 0 Å². The molecule has 42 heavy (non-hydrogen) atoms. The summed E-state index contributed by atoms with van der Waals surface area (Å²) >= 11 is -4.05. The molecule has 1 aliphatic heterocycles. The van der Waals surface area contributed by atoms with Crippen LogP contribution in [0.25, 0.3) is 39.5 Å². The first-order valence-electron chi connectivity index (χ1n) is 14.8. The number of hydrogen-bond acceptors (Lipinski definition) is 0. The molecule has 0 saturated carbocycles. The second kappa shape index (κ2) is 10.9. The van der Waals surface area contributed by atoms with Gasteiger partial charge in [0.25, 0.3) is 0 Å². The Morgan fingerprint density at radius 3 is 2.12 bits per heavy atom. The molecule has 0 fully saturated rings. The van der Waals surface area contributed by atoms with Gasteiger partial charge < -0.3 is 0 Å². The van der Waals surface area contributed by atoms with E-state index in [1.165, 1.54) is 74.9 Å². The van der Waals surface area contributed by atoms with E-state index in [-0.39, 0.29) is 3.63 Å². The Morgan fingerprint density at radius 2 is 1.38 bits per heavy atom. The first kappa shape index (κ1) is 28.3. The number of hydrogen-bond donors (Lipinski definition) is 0. The second-order valence-electron chi connectivity index (χ2n) is 12.3. The van der Waals surface area contributed by atoms with E-state index in [0.717, 1.165) is 0 Å². The summed E-state index contributed by atoms with van der Waals surface area (Å²) in [6, 6.07) is 38.0. The number of rotatable bonds is 5. The van der Waals surface area contributed by atoms with Crippen molar-refractivity contribution in [2.75, 3.05) is 0 Å². The molecule has 0 amide bonds. The SMILES string of the molecule is Cc1cc(C)cc(-c2c(-c3ccccc3)ccc3c2C=C(C(C)C)[CH]3[Zr]([Cl])([Cl])[c]2cccc3c2[SiH2]c2ccccc2-3)c1. The van der Waals surface area contributed by atoms with E-state index in [1.54, 1.807) is 0 Å². The van der Waals surface area contributed by atoms with Gasteiger partial charge >= 0.3 is 266 Å². The predicted octanol–water partition coefficient (Wildman–Crippen LogP) is 8.62. The average Bonchev–Trinajstić information content (AvgIpc) is 3.56. The summed E-state index contributed by atoms with van der Waals surface area (Å²) in [5.41, 5.74) is 14.3. The number of allylic oxidation sites excluding steroid dienone is 1. The van der Waals surface area contributed by atoms with Gasteiger partial charge in [-0.2, -0.15) is 0 Å². The van der Waals surface area contributed by atoms with E-state index in [2.05, 4.69) is 137 Å². The van der Waals surface area contributed by atoms with Gasteiger partial charge in [-0.1, -0.05) is 0 Å². The van der Waals surface area contributed by atoms with Crippen LogP contribution < -0.4 is 13.6 Å². The van der Waals surface area contributed by atoms with Crippen molar-refractivity contribution in [2.24, 2.45) is 5.92 Å². The first-order chi connectivity index (χ1) is 20.2. The fourth-order valence-electron chi connectivity index (χ4n) is 7.29. The Bertz CT molecular complexity index is 1870. The Kier molecular flexibility index (Phi) is 7.35. The van der Waals surface area contributed by atoms with Crippen molar-refractivity contribution in [3.63, 3.8) is 0 Å². The third-order valence-electron chi connectivity index (χ3n) is 9.07. The molecule has 5 aromatic rings. The summed E-state index contributed by atoms with van der Waals surface area (Å²) in [5.74, 6) is 0.342. The molecule has 7 rings (SSSR count). The van der Waals surface area contributed by atoms with Crippen LogP contribution in [0.15, 0.2) is 109 Å². The van der Waals surface area contributed by atoms with Crippen LogP contribution in [-0.4, -0.2) is 9.52 Å². The fraction of sp³-hybridized carbons (Fsp3) is 0.158. The molecule has 1 atom stereocenters. The van der Waals surface area contributed by atoms with Crippen LogP contribution in [0.2, 0.25) is 0 Å². The average molecular weight is 681 g/mol. The van der Waals surface area contributed by atoms with Crippen molar-refractivity contribution in [1.29, 1.82) is 0 Å². The van der Waals surface area contributed by atoms with Crippen molar-refractivity contribution in [3.05, 3.63) is 131 Å². The van der Waals surface area contributed by atoms with E-state index in [9.17, 15) is 0 Å². The van der Waals surface area contributed by atoms with Crippen molar-refractivity contribution in [3.8, 4) is 33.4 Å². The zero-order valence-corrected chi connectivity index (χ0v) is 29.9. The van der Waals surface area contributed by atoms with E-state index in [1.807, 2.05) is 0 Å². The molecule has 0 nitrogen and oxygen atoms in total. The Morgan fingerprint density at radius 1 is 0.690 bits per heavy atom. The summed E-state index contributed by atoms with van der Waals surface area (Å²) < 4.78 is 1.36. The molecule has 2 aliphatic rings. The Balaban J connectivity index is 1.46. The molecular weight excluding hydrogens is 647 g/mol. The zero-order valence-electron chi connectivity index (χ0n) is 24.5. The van der Waals surface area contributed by atoms with E-state index >= 15 is 0 Å². The van der Waals surface area contributed by atoms with Gasteiger partial charge in [0.1, 0.15) is 0 Å². The number of benzene rings is 5. The van der Waals surface area contributed by atoms with E-state index < -0.39 is 27.4 Å². The monoisotopic (exact) mass is 678 g/mol. The zero-order chi connectivity index (χ0) is 29.2. The van der Waals surface area contributed by atoms with Gasteiger partial charge in [-0.05, 0) is 0 Å². The van der Waals surface area contributed by atoms with Crippen LogP contribution in [0, 0.1) is 19.8 Å². The van der Waals surface area contributed by atoms with Crippen molar-refractivity contribution in [2.45, 2.75) is 31.3 Å². The normalized spacial score (nSPS) is 16.0. The van der Waals surface area contributed by atoms with Gasteiger partial charge in [0.15, 0.2) is 0 Å². The molecule has 5 aromatic carbocycles. The summed E-state index contributed by atoms with van der Waals surface area (Å²) in [4.78, 5) is 0. The quantitative estimate of drug-likeness (QED) is 0.160. The number of aryl methyl sites for hydroxylation is 2. The topological polar surface area (TPSA) is 0 Å². The second-order valence-corrected chi connectivity index (χ2v) is 28.1. The van der Waals surface area contributed by atoms with E-state index in [0.29, 0.717) is 5.92 Å². The van der Waals surface area contributed by atoms with Crippen LogP contribution in [0.5, 0.6) is 0 Å². The maximum absolute atomic E-state index is 7.92. The summed E-state index contributed by atoms with van der Waals surface area (Å²) in [5, 5.41) is 2.98. The molecule has 0 aromatic heterocycles. The van der Waals surface area contributed by atoms with Gasteiger partial charge in [0.05, 0.1) is 0 Å². The minimum absolute atomic E-state index is 0.0660. The summed E-state index contributed by atoms with van der Waals surface area (Å²) in [6.45, 7) is 8.98. The molecule has 0 N–H and O–H groups in total. The Hall–Kier alpha value is -2.48. The number of fused-ring (bicyclic) bond motifs is 4. The molecule has 1 aliphatic carbocycles. The molecule has 1 unspecified atom stereocenters. The molecule has 1 heterocycles. The van der Waals surface area contributed by atoms with Crippen molar-refractivity contribution >= 4 is 46.3 Å². The maximum atomic E-state index is 7.92. The molecule has 208 valence electrons. The minimum atomic E-state index is -4.05. The summed E-state index contributed by atoms with van der Waals surface area (Å²) in [7, 11) is 15.2. The molecule has 0 bridgehead atoms. The van der Waals surface area contributed by atoms with Crippen LogP contribution >= 0.6 is 17.0 Å². The van der Waals surface area contributed by atoms with Gasteiger partial charge in [0.2, 0.25) is 0 Å². The van der Waals surface area contributed by atoms with Gasteiger partial charge in [-0.25, -0.2) is 0 Å². The summed E-state index contributed by atoms with van der Waals surface area (Å²) in [6.07, 6.45) is 2.45. The van der Waals surface area contributed by atoms with Crippen LogP contribution in [0.4, 0.5) is 0 Å². The van der Waals surface area contributed by atoms with Crippen LogP contribution in [0.1, 0.15) is 39.7 Å². The molecule has 4 heteroatoms. The van der Waals surface area contributed by atoms with Gasteiger partial charge in [-0.3, -0.25) is 0 Å². The molecule has 0 saturated heterocycles. The van der Waals surface area contributed by atoms with Crippen LogP contribution in [-0.2, 0) is 17.9 Å². The standard InChI is InChI=1S/C26H25.C12H9Si.2ClH.Zr/c1-17(2)22-15-21-10-11-24(20-8-6-5-7-9-20)26(25(21)16-22)23-13-18(3)12-19(4)14-23;1-3-7-11-9(5-1)10-6-2-4-8-12(10)13-11;;;/h5-17H,1-4H3;1-7H,13H2;2*1H;/q;;;;+2/p-2. The van der Waals surface area contributed by atoms with Gasteiger partial charge in [0, 0.05) is 0 Å². The molecular formula is C38H34Cl2SiZr. The van der Waals surface area contributed by atoms with E-state index in [4.69, 9.17) is 17.0 Å². The number of halogens is 2. The van der Waals surface area contributed by atoms with Crippen LogP contribution in [0.3, 0.4) is 0 Å². The van der Waals surface area contributed by atoms with Gasteiger partial charge in [-0.15, -0.1) is 0 Å². The first-order valence-corrected chi connectivity index (χ1v) is 25.2.